The van der Waals surface area contributed by atoms with Crippen molar-refractivity contribution in [2.75, 3.05) is 32.3 Å². The van der Waals surface area contributed by atoms with Crippen LogP contribution in [0.2, 0.25) is 0 Å². The van der Waals surface area contributed by atoms with Crippen molar-refractivity contribution in [1.82, 2.24) is 9.47 Å². The van der Waals surface area contributed by atoms with Crippen LogP contribution in [0, 0.1) is 0 Å². The highest BCUT2D eigenvalue weighted by atomic mass is 32.2. The smallest absolute Gasteiger partial charge is 0.269 e. The first-order valence-electron chi connectivity index (χ1n) is 14.5. The molecule has 0 fully saturated rings. The van der Waals surface area contributed by atoms with Crippen molar-refractivity contribution >= 4 is 83.0 Å². The van der Waals surface area contributed by atoms with Gasteiger partial charge in [-0.1, -0.05) is 23.1 Å². The van der Waals surface area contributed by atoms with Gasteiger partial charge in [-0.05, 0) is 43.7 Å². The number of carbonyl (C=O) groups is 1. The van der Waals surface area contributed by atoms with Gasteiger partial charge in [0.2, 0.25) is 5.52 Å². The van der Waals surface area contributed by atoms with E-state index in [1.165, 1.54) is 37.3 Å². The molecule has 0 spiro atoms. The van der Waals surface area contributed by atoms with Crippen LogP contribution in [0.1, 0.15) is 37.6 Å². The molecule has 1 aromatic carbocycles. The molecule has 0 unspecified atom stereocenters. The number of carbonyl (C=O) groups excluding carboxylic acids is 1. The zero-order valence-corrected chi connectivity index (χ0v) is 30.3. The Hall–Kier alpha value is -3.20. The van der Waals surface area contributed by atoms with Crippen molar-refractivity contribution in [3.8, 4) is 11.5 Å². The van der Waals surface area contributed by atoms with Gasteiger partial charge in [0.1, 0.15) is 9.36 Å². The van der Waals surface area contributed by atoms with Crippen molar-refractivity contribution < 1.29 is 49.9 Å². The van der Waals surface area contributed by atoms with Gasteiger partial charge in [0.25, 0.3) is 10.6 Å². The average molecular weight is 760 g/mol. The number of rotatable bonds is 16. The highest BCUT2D eigenvalue weighted by molar-refractivity contribution is 8.06. The summed E-state index contributed by atoms with van der Waals surface area (Å²) in [6.45, 7) is 1.97. The Morgan fingerprint density at radius 1 is 0.958 bits per heavy atom. The molecule has 2 aromatic heterocycles. The van der Waals surface area contributed by atoms with Gasteiger partial charge in [0.15, 0.2) is 18.0 Å². The summed E-state index contributed by atoms with van der Waals surface area (Å²) in [5.74, 6) is -1.47. The maximum absolute atomic E-state index is 13.5. The maximum Gasteiger partial charge on any atom is 0.269 e. The largest absolute Gasteiger partial charge is 0.748 e. The van der Waals surface area contributed by atoms with Crippen LogP contribution in [0.4, 0.5) is 0 Å². The second kappa shape index (κ2) is 16.0. The lowest BCUT2D eigenvalue weighted by Gasteiger charge is -2.21. The second-order valence-electron chi connectivity index (χ2n) is 10.6. The molecule has 3 aromatic rings. The molecule has 0 saturated carbocycles. The Morgan fingerprint density at radius 3 is 2.23 bits per heavy atom. The van der Waals surface area contributed by atoms with Crippen LogP contribution in [-0.2, 0) is 38.1 Å². The van der Waals surface area contributed by atoms with E-state index in [0.717, 1.165) is 36.8 Å². The minimum atomic E-state index is -4.38. The maximum atomic E-state index is 13.5. The summed E-state index contributed by atoms with van der Waals surface area (Å²) in [5, 5.41) is 15.0. The summed E-state index contributed by atoms with van der Waals surface area (Å²) < 4.78 is 81.6. The number of hydrogen-bond acceptors (Lipinski definition) is 15. The van der Waals surface area contributed by atoms with Crippen LogP contribution in [0.3, 0.4) is 0 Å². The van der Waals surface area contributed by atoms with E-state index in [4.69, 9.17) is 9.47 Å². The molecule has 3 heterocycles. The fourth-order valence-electron chi connectivity index (χ4n) is 4.92. The molecular weight excluding hydrogens is 727 g/mol. The first-order chi connectivity index (χ1) is 22.6. The number of aromatic nitrogens is 2. The van der Waals surface area contributed by atoms with Gasteiger partial charge >= 0.3 is 0 Å². The van der Waals surface area contributed by atoms with Crippen LogP contribution in [0.5, 0.6) is 11.5 Å². The zero-order chi connectivity index (χ0) is 35.2. The molecule has 0 radical (unpaired) electrons. The molecule has 262 valence electrons. The summed E-state index contributed by atoms with van der Waals surface area (Å²) in [6.07, 6.45) is 6.16. The van der Waals surface area contributed by atoms with Crippen LogP contribution < -0.4 is 33.9 Å². The van der Waals surface area contributed by atoms with Crippen LogP contribution >= 0.6 is 34.4 Å². The van der Waals surface area contributed by atoms with Gasteiger partial charge in [-0.3, -0.25) is 9.36 Å². The van der Waals surface area contributed by atoms with Crippen molar-refractivity contribution in [3.63, 3.8) is 0 Å². The van der Waals surface area contributed by atoms with Crippen LogP contribution in [0.15, 0.2) is 39.1 Å². The molecule has 19 heteroatoms. The molecule has 1 aliphatic heterocycles. The number of thiazole rings is 2. The number of aryl methyl sites for hydroxylation is 1. The first-order valence-corrected chi connectivity index (χ1v) is 20.2. The third-order valence-corrected chi connectivity index (χ3v) is 12.0. The second-order valence-corrected chi connectivity index (χ2v) is 16.7. The van der Waals surface area contributed by atoms with Crippen LogP contribution in [0.25, 0.3) is 22.4 Å². The molecule has 14 nitrogen and oxygen atoms in total. The highest BCUT2D eigenvalue weighted by Gasteiger charge is 2.23. The van der Waals surface area contributed by atoms with Gasteiger partial charge in [0, 0.05) is 36.2 Å². The van der Waals surface area contributed by atoms with Crippen molar-refractivity contribution in [2.45, 2.75) is 45.7 Å². The van der Waals surface area contributed by atoms with E-state index >= 15 is 0 Å². The Balaban J connectivity index is 1.77. The number of aliphatic carboxylic acids is 1. The Bertz CT molecular complexity index is 2150. The molecular formula is C29H33N3O11S5-2. The van der Waals surface area contributed by atoms with Crippen molar-refractivity contribution in [1.29, 1.82) is 0 Å². The van der Waals surface area contributed by atoms with Crippen molar-refractivity contribution in [3.05, 3.63) is 58.9 Å². The van der Waals surface area contributed by atoms with Gasteiger partial charge in [0.05, 0.1) is 68.7 Å². The third-order valence-electron chi connectivity index (χ3n) is 7.18. The number of methoxy groups -OCH3 is 2. The summed E-state index contributed by atoms with van der Waals surface area (Å²) in [6, 6.07) is 3.55. The van der Waals surface area contributed by atoms with E-state index in [9.17, 15) is 40.6 Å². The third kappa shape index (κ3) is 9.93. The number of nitrogens with zero attached hydrogens (tertiary/aromatic N) is 3. The molecule has 4 rings (SSSR count). The minimum absolute atomic E-state index is 0.131. The van der Waals surface area contributed by atoms with Crippen LogP contribution in [-0.4, -0.2) is 73.6 Å². The van der Waals surface area contributed by atoms with Crippen molar-refractivity contribution in [2.24, 2.45) is 0 Å². The lowest BCUT2D eigenvalue weighted by molar-refractivity contribution is -0.669. The molecule has 0 atom stereocenters. The lowest BCUT2D eigenvalue weighted by atomic mass is 10.2. The zero-order valence-electron chi connectivity index (χ0n) is 26.2. The summed E-state index contributed by atoms with van der Waals surface area (Å²) in [5.41, 5.74) is 1.10. The summed E-state index contributed by atoms with van der Waals surface area (Å²) in [4.78, 5) is 27.1. The number of benzene rings is 1. The minimum Gasteiger partial charge on any atom is -0.748 e. The average Bonchev–Trinajstić information content (AvgIpc) is 3.62. The van der Waals surface area contributed by atoms with E-state index < -0.39 is 49.8 Å². The number of unbranched alkanes of at least 4 members (excludes halogenated alkanes) is 2. The van der Waals surface area contributed by atoms with E-state index in [-0.39, 0.29) is 17.4 Å². The number of allylic oxidation sites excluding steroid dienone is 2. The lowest BCUT2D eigenvalue weighted by Crippen LogP contribution is -2.39. The number of hydrogen-bond donors (Lipinski definition) is 0. The quantitative estimate of drug-likeness (QED) is 0.109. The molecule has 0 bridgehead atoms. The molecule has 0 saturated heterocycles. The fourth-order valence-corrected chi connectivity index (χ4v) is 9.16. The van der Waals surface area contributed by atoms with Gasteiger partial charge in [-0.2, -0.15) is 4.57 Å². The number of thioether (sulfide) groups is 1. The van der Waals surface area contributed by atoms with E-state index in [1.54, 1.807) is 30.4 Å². The van der Waals surface area contributed by atoms with E-state index in [1.807, 2.05) is 21.8 Å². The normalized spacial score (nSPS) is 15.6. The summed E-state index contributed by atoms with van der Waals surface area (Å²) in [7, 11) is -5.69. The highest BCUT2D eigenvalue weighted by Crippen LogP contribution is 2.35. The molecule has 0 amide bonds. The SMILES string of the molecule is COc1cc2sc(C=c3sc(=C/C=C4/SC=C(C)N4CCCCS(=O)(=O)[O-])c(=O)n3CC(=O)[O-])[n+](CCCCS(=O)(=O)[O-])c2cc1OC. The Kier molecular flexibility index (Phi) is 12.5. The molecule has 0 N–H and O–H groups in total. The van der Waals surface area contributed by atoms with E-state index in [2.05, 4.69) is 0 Å². The van der Waals surface area contributed by atoms with E-state index in [0.29, 0.717) is 47.1 Å². The summed E-state index contributed by atoms with van der Waals surface area (Å²) >= 11 is 3.83. The molecule has 1 aliphatic rings. The fraction of sp³-hybridized carbons (Fsp3) is 0.414. The van der Waals surface area contributed by atoms with Gasteiger partial charge in [-0.25, -0.2) is 16.8 Å². The number of fused-ring (bicyclic) bond motifs is 1. The topological polar surface area (TPSA) is 202 Å². The number of carboxylic acid groups (broad SMARTS) is 1. The standard InChI is InChI=1S/C29H35N3O11S5/c1-19-18-44-25(30(19)10-4-6-12-47(36,37)38)9-8-23-29(35)32(17-28(33)34)27(45-23)16-26-31(11-5-7-13-48(39,40)41)20-14-21(42-2)22(43-3)15-24(20)46-26/h8-9,14-16,18H,4-7,10-13,17H2,1-3H3,(H2-,33,34,36,37,38,39,40,41)/p-2/b23-8?,25-9+. The number of ether oxygens (including phenoxy) is 2. The first kappa shape index (κ1) is 37.6. The molecule has 0 aliphatic carbocycles. The molecule has 48 heavy (non-hydrogen) atoms. The van der Waals surface area contributed by atoms with Gasteiger partial charge in [-0.15, -0.1) is 11.3 Å². The van der Waals surface area contributed by atoms with Gasteiger partial charge < -0.3 is 33.4 Å². The number of carboxylic acids is 1. The monoisotopic (exact) mass is 759 g/mol. The predicted molar refractivity (Wildman–Crippen MR) is 180 cm³/mol. The Labute approximate surface area is 289 Å². The predicted octanol–water partition coefficient (Wildman–Crippen LogP) is 0.191. The Morgan fingerprint density at radius 2 is 1.60 bits per heavy atom.